The zero-order valence-electron chi connectivity index (χ0n) is 19.5. The smallest absolute Gasteiger partial charge is 0.296 e. The molecule has 8 heteroatoms. The number of Topliss-reactive ketones (excluding diaryl/α,β-unsaturated/α-hetero) is 1. The average molecular weight is 465 g/mol. The number of likely N-dealkylation sites (tertiary alicyclic amines) is 1. The molecule has 0 aromatic heterocycles. The summed E-state index contributed by atoms with van der Waals surface area (Å²) in [6.07, 6.45) is 0.427. The number of carbonyl (C=O) groups is 3. The Morgan fingerprint density at radius 3 is 2.38 bits per heavy atom. The summed E-state index contributed by atoms with van der Waals surface area (Å²) in [5.41, 5.74) is -0.514. The van der Waals surface area contributed by atoms with Crippen LogP contribution in [0.3, 0.4) is 0 Å². The molecule has 2 aliphatic heterocycles. The van der Waals surface area contributed by atoms with Crippen LogP contribution in [0.1, 0.15) is 31.4 Å². The first-order chi connectivity index (χ1) is 16.4. The quantitative estimate of drug-likeness (QED) is 0.279. The summed E-state index contributed by atoms with van der Waals surface area (Å²) in [5, 5.41) is 11.4. The molecule has 2 aromatic carbocycles. The molecule has 2 aromatic rings. The predicted octanol–water partition coefficient (Wildman–Crippen LogP) is 3.06. The van der Waals surface area contributed by atoms with Gasteiger partial charge in [-0.3, -0.25) is 14.4 Å². The lowest BCUT2D eigenvalue weighted by atomic mass is 9.82. The number of ether oxygens (including phenoxy) is 2. The van der Waals surface area contributed by atoms with E-state index in [0.29, 0.717) is 48.7 Å². The third kappa shape index (κ3) is 3.37. The van der Waals surface area contributed by atoms with E-state index in [2.05, 4.69) is 0 Å². The Morgan fingerprint density at radius 2 is 1.74 bits per heavy atom. The van der Waals surface area contributed by atoms with Gasteiger partial charge in [-0.05, 0) is 50.6 Å². The molecule has 0 bridgehead atoms. The third-order valence-corrected chi connectivity index (χ3v) is 6.29. The van der Waals surface area contributed by atoms with Crippen LogP contribution in [0.2, 0.25) is 0 Å². The fraction of sp³-hybridized carbons (Fsp3) is 0.346. The van der Waals surface area contributed by atoms with Crippen LogP contribution in [0, 0.1) is 0 Å². The normalized spacial score (nSPS) is 21.0. The minimum absolute atomic E-state index is 0.121. The van der Waals surface area contributed by atoms with E-state index < -0.39 is 28.9 Å². The highest BCUT2D eigenvalue weighted by atomic mass is 16.5. The van der Waals surface area contributed by atoms with Gasteiger partial charge in [0.05, 0.1) is 17.9 Å². The van der Waals surface area contributed by atoms with Gasteiger partial charge in [-0.1, -0.05) is 18.2 Å². The number of methoxy groups -OCH3 is 1. The third-order valence-electron chi connectivity index (χ3n) is 6.29. The fourth-order valence-corrected chi connectivity index (χ4v) is 4.87. The molecular weight excluding hydrogens is 436 g/mol. The number of fused-ring (bicyclic) bond motifs is 2. The molecule has 1 fully saturated rings. The van der Waals surface area contributed by atoms with Crippen molar-refractivity contribution in [2.75, 3.05) is 38.3 Å². The Morgan fingerprint density at radius 1 is 1.03 bits per heavy atom. The topological polar surface area (TPSA) is 96.4 Å². The number of ketones is 1. The van der Waals surface area contributed by atoms with E-state index in [1.54, 1.807) is 60.5 Å². The number of anilines is 1. The predicted molar refractivity (Wildman–Crippen MR) is 127 cm³/mol. The second-order valence-electron chi connectivity index (χ2n) is 8.09. The van der Waals surface area contributed by atoms with Gasteiger partial charge in [0.2, 0.25) is 0 Å². The summed E-state index contributed by atoms with van der Waals surface area (Å²) in [7, 11) is 1.55. The standard InChI is InChI=1S/C26H28N2O6/c1-4-27-20-10-7-6-9-19(20)26(25(27)32)21(23(30)24(31)28(26)15-8-16-33-3)22(29)17-11-13-18(14-12-17)34-5-2/h6-7,9-14,29H,4-5,8,15-16H2,1-3H3/b22-21-. The molecule has 2 amide bonds. The van der Waals surface area contributed by atoms with E-state index >= 15 is 0 Å². The molecule has 1 N–H and O–H groups in total. The summed E-state index contributed by atoms with van der Waals surface area (Å²) < 4.78 is 10.6. The van der Waals surface area contributed by atoms with E-state index in [-0.39, 0.29) is 12.1 Å². The number of rotatable bonds is 8. The van der Waals surface area contributed by atoms with Crippen LogP contribution in [0.15, 0.2) is 54.1 Å². The van der Waals surface area contributed by atoms with Gasteiger partial charge in [-0.2, -0.15) is 0 Å². The summed E-state index contributed by atoms with van der Waals surface area (Å²) >= 11 is 0. The van der Waals surface area contributed by atoms with Crippen LogP contribution in [-0.4, -0.2) is 61.0 Å². The van der Waals surface area contributed by atoms with Crippen LogP contribution < -0.4 is 9.64 Å². The Balaban J connectivity index is 1.97. The van der Waals surface area contributed by atoms with E-state index in [1.165, 1.54) is 4.90 Å². The van der Waals surface area contributed by atoms with Crippen molar-refractivity contribution < 1.29 is 29.0 Å². The first-order valence-corrected chi connectivity index (χ1v) is 11.4. The van der Waals surface area contributed by atoms with Crippen LogP contribution in [0.5, 0.6) is 5.75 Å². The molecule has 178 valence electrons. The average Bonchev–Trinajstić information content (AvgIpc) is 3.22. The van der Waals surface area contributed by atoms with E-state index in [9.17, 15) is 19.5 Å². The Bertz CT molecular complexity index is 1160. The Labute approximate surface area is 198 Å². The second kappa shape index (κ2) is 9.30. The summed E-state index contributed by atoms with van der Waals surface area (Å²) in [5.74, 6) is -1.92. The molecule has 0 saturated carbocycles. The molecule has 34 heavy (non-hydrogen) atoms. The zero-order valence-corrected chi connectivity index (χ0v) is 19.5. The van der Waals surface area contributed by atoms with Gasteiger partial charge < -0.3 is 24.4 Å². The summed E-state index contributed by atoms with van der Waals surface area (Å²) in [6.45, 7) is 5.00. The SMILES string of the molecule is CCOc1ccc(/C(O)=C2\C(=O)C(=O)N(CCCOC)C23C(=O)N(CC)c2ccccc23)cc1. The van der Waals surface area contributed by atoms with Crippen molar-refractivity contribution in [3.05, 3.63) is 65.2 Å². The molecule has 2 heterocycles. The molecule has 4 rings (SSSR count). The minimum atomic E-state index is -1.74. The summed E-state index contributed by atoms with van der Waals surface area (Å²) in [6, 6.07) is 13.6. The van der Waals surface area contributed by atoms with Crippen LogP contribution in [-0.2, 0) is 24.7 Å². The number of benzene rings is 2. The van der Waals surface area contributed by atoms with Crippen molar-refractivity contribution >= 4 is 29.0 Å². The van der Waals surface area contributed by atoms with Gasteiger partial charge in [0.1, 0.15) is 11.5 Å². The van der Waals surface area contributed by atoms with E-state index in [1.807, 2.05) is 13.8 Å². The van der Waals surface area contributed by atoms with Crippen molar-refractivity contribution in [3.63, 3.8) is 0 Å². The number of para-hydroxylation sites is 1. The Kier molecular flexibility index (Phi) is 6.43. The van der Waals surface area contributed by atoms with Crippen molar-refractivity contribution in [2.24, 2.45) is 0 Å². The first-order valence-electron chi connectivity index (χ1n) is 11.4. The lowest BCUT2D eigenvalue weighted by Gasteiger charge is -2.34. The monoisotopic (exact) mass is 464 g/mol. The number of hydrogen-bond donors (Lipinski definition) is 1. The lowest BCUT2D eigenvalue weighted by Crippen LogP contribution is -2.52. The van der Waals surface area contributed by atoms with Crippen molar-refractivity contribution in [2.45, 2.75) is 25.8 Å². The molecule has 0 aliphatic carbocycles. The first kappa shape index (κ1) is 23.5. The van der Waals surface area contributed by atoms with Crippen LogP contribution in [0.25, 0.3) is 5.76 Å². The van der Waals surface area contributed by atoms with Gasteiger partial charge in [-0.15, -0.1) is 0 Å². The second-order valence-corrected chi connectivity index (χ2v) is 8.09. The fourth-order valence-electron chi connectivity index (χ4n) is 4.87. The van der Waals surface area contributed by atoms with E-state index in [4.69, 9.17) is 9.47 Å². The zero-order chi connectivity index (χ0) is 24.5. The number of carbonyl (C=O) groups excluding carboxylic acids is 3. The van der Waals surface area contributed by atoms with Crippen molar-refractivity contribution in [1.82, 2.24) is 4.90 Å². The highest BCUT2D eigenvalue weighted by Gasteiger charge is 2.66. The number of aliphatic hydroxyl groups is 1. The summed E-state index contributed by atoms with van der Waals surface area (Å²) in [4.78, 5) is 43.6. The Hall–Kier alpha value is -3.65. The van der Waals surface area contributed by atoms with Crippen molar-refractivity contribution in [3.8, 4) is 5.75 Å². The molecule has 1 atom stereocenters. The number of nitrogens with zero attached hydrogens (tertiary/aromatic N) is 2. The van der Waals surface area contributed by atoms with Gasteiger partial charge in [0, 0.05) is 37.9 Å². The van der Waals surface area contributed by atoms with Gasteiger partial charge in [0.15, 0.2) is 5.54 Å². The number of hydrogen-bond acceptors (Lipinski definition) is 6. The number of likely N-dealkylation sites (N-methyl/N-ethyl adjacent to an activating group) is 1. The van der Waals surface area contributed by atoms with Gasteiger partial charge in [0.25, 0.3) is 17.6 Å². The molecule has 0 radical (unpaired) electrons. The van der Waals surface area contributed by atoms with Crippen LogP contribution >= 0.6 is 0 Å². The number of amides is 2. The maximum Gasteiger partial charge on any atom is 0.296 e. The molecule has 8 nitrogen and oxygen atoms in total. The maximum atomic E-state index is 14.0. The van der Waals surface area contributed by atoms with Gasteiger partial charge >= 0.3 is 0 Å². The highest BCUT2D eigenvalue weighted by molar-refractivity contribution is 6.50. The van der Waals surface area contributed by atoms with Gasteiger partial charge in [-0.25, -0.2) is 0 Å². The molecular formula is C26H28N2O6. The molecule has 2 aliphatic rings. The number of aliphatic hydroxyl groups excluding tert-OH is 1. The maximum absolute atomic E-state index is 14.0. The highest BCUT2D eigenvalue weighted by Crippen LogP contribution is 2.53. The lowest BCUT2D eigenvalue weighted by molar-refractivity contribution is -0.143. The largest absolute Gasteiger partial charge is 0.507 e. The van der Waals surface area contributed by atoms with E-state index in [0.717, 1.165) is 0 Å². The molecule has 1 unspecified atom stereocenters. The van der Waals surface area contributed by atoms with Crippen LogP contribution in [0.4, 0.5) is 5.69 Å². The van der Waals surface area contributed by atoms with Crippen molar-refractivity contribution in [1.29, 1.82) is 0 Å². The molecule has 1 saturated heterocycles. The minimum Gasteiger partial charge on any atom is -0.507 e. The molecule has 1 spiro atoms.